The normalized spacial score (nSPS) is 10.2. The maximum atomic E-state index is 11.3. The van der Waals surface area contributed by atoms with E-state index in [4.69, 9.17) is 5.11 Å². The van der Waals surface area contributed by atoms with E-state index in [2.05, 4.69) is 0 Å². The van der Waals surface area contributed by atoms with E-state index >= 15 is 0 Å². The summed E-state index contributed by atoms with van der Waals surface area (Å²) in [6.07, 6.45) is 0.148. The van der Waals surface area contributed by atoms with Crippen LogP contribution in [-0.2, 0) is 6.42 Å². The van der Waals surface area contributed by atoms with Crippen LogP contribution < -0.4 is 0 Å². The van der Waals surface area contributed by atoms with Gasteiger partial charge in [-0.25, -0.2) is 9.59 Å². The zero-order chi connectivity index (χ0) is 14.7. The van der Waals surface area contributed by atoms with Crippen LogP contribution in [-0.4, -0.2) is 27.3 Å². The van der Waals surface area contributed by atoms with Crippen molar-refractivity contribution in [2.24, 2.45) is 0 Å². The van der Waals surface area contributed by atoms with Crippen molar-refractivity contribution in [1.82, 2.24) is 0 Å². The molecule has 102 valence electrons. The van der Waals surface area contributed by atoms with Gasteiger partial charge in [0, 0.05) is 6.42 Å². The zero-order valence-electron chi connectivity index (χ0n) is 10.4. The molecule has 0 radical (unpaired) electrons. The van der Waals surface area contributed by atoms with E-state index in [9.17, 15) is 19.8 Å². The van der Waals surface area contributed by atoms with Crippen molar-refractivity contribution in [2.45, 2.75) is 6.42 Å². The number of phenols is 1. The third-order valence-electron chi connectivity index (χ3n) is 2.97. The number of carboxylic acid groups (broad SMARTS) is 2. The fourth-order valence-electron chi connectivity index (χ4n) is 2.04. The van der Waals surface area contributed by atoms with Crippen molar-refractivity contribution >= 4 is 11.9 Å². The van der Waals surface area contributed by atoms with Crippen LogP contribution in [0.15, 0.2) is 42.5 Å². The molecular weight excluding hydrogens is 260 g/mol. The molecule has 0 aromatic heterocycles. The maximum absolute atomic E-state index is 11.3. The molecule has 2 aromatic rings. The number of rotatable bonds is 4. The molecular formula is C15H12O5. The number of hydrogen-bond acceptors (Lipinski definition) is 3. The van der Waals surface area contributed by atoms with E-state index in [0.717, 1.165) is 0 Å². The Morgan fingerprint density at radius 3 is 2.10 bits per heavy atom. The van der Waals surface area contributed by atoms with Gasteiger partial charge in [-0.2, -0.15) is 0 Å². The van der Waals surface area contributed by atoms with E-state index in [-0.39, 0.29) is 23.3 Å². The van der Waals surface area contributed by atoms with Gasteiger partial charge in [0.25, 0.3) is 0 Å². The van der Waals surface area contributed by atoms with E-state index in [1.807, 2.05) is 0 Å². The first-order valence-electron chi connectivity index (χ1n) is 5.86. The average molecular weight is 272 g/mol. The summed E-state index contributed by atoms with van der Waals surface area (Å²) in [6.45, 7) is 0. The molecule has 0 aliphatic heterocycles. The molecule has 2 aromatic carbocycles. The van der Waals surface area contributed by atoms with E-state index in [1.54, 1.807) is 24.3 Å². The van der Waals surface area contributed by atoms with Gasteiger partial charge in [-0.05, 0) is 23.3 Å². The Kier molecular flexibility index (Phi) is 3.70. The molecule has 0 spiro atoms. The van der Waals surface area contributed by atoms with Gasteiger partial charge in [0.15, 0.2) is 0 Å². The summed E-state index contributed by atoms with van der Waals surface area (Å²) >= 11 is 0. The van der Waals surface area contributed by atoms with Gasteiger partial charge in [0.05, 0.1) is 11.1 Å². The zero-order valence-corrected chi connectivity index (χ0v) is 10.4. The maximum Gasteiger partial charge on any atom is 0.336 e. The third kappa shape index (κ3) is 2.61. The van der Waals surface area contributed by atoms with Crippen LogP contribution in [0.2, 0.25) is 0 Å². The van der Waals surface area contributed by atoms with Gasteiger partial charge in [0.1, 0.15) is 5.75 Å². The molecule has 0 unspecified atom stereocenters. The predicted octanol–water partition coefficient (Wildman–Crippen LogP) is 2.38. The van der Waals surface area contributed by atoms with Crippen molar-refractivity contribution in [3.05, 3.63) is 64.7 Å². The Hall–Kier alpha value is -2.82. The first kappa shape index (κ1) is 13.6. The lowest BCUT2D eigenvalue weighted by atomic mass is 9.95. The van der Waals surface area contributed by atoms with E-state index in [0.29, 0.717) is 11.1 Å². The first-order valence-corrected chi connectivity index (χ1v) is 5.86. The number of carbonyl (C=O) groups is 2. The molecule has 0 aliphatic carbocycles. The largest absolute Gasteiger partial charge is 0.508 e. The number of aromatic carboxylic acids is 2. The lowest BCUT2D eigenvalue weighted by Crippen LogP contribution is -2.11. The smallest absolute Gasteiger partial charge is 0.336 e. The summed E-state index contributed by atoms with van der Waals surface area (Å²) in [4.78, 5) is 22.4. The highest BCUT2D eigenvalue weighted by atomic mass is 16.4. The van der Waals surface area contributed by atoms with Crippen molar-refractivity contribution < 1.29 is 24.9 Å². The number of phenolic OH excluding ortho intramolecular Hbond substituents is 1. The molecule has 5 nitrogen and oxygen atoms in total. The van der Waals surface area contributed by atoms with Crippen LogP contribution in [0.25, 0.3) is 0 Å². The summed E-state index contributed by atoms with van der Waals surface area (Å²) in [6, 6.07) is 10.8. The molecule has 0 amide bonds. The highest BCUT2D eigenvalue weighted by molar-refractivity contribution is 6.02. The summed E-state index contributed by atoms with van der Waals surface area (Å²) in [5.41, 5.74) is 0.380. The monoisotopic (exact) mass is 272 g/mol. The Balaban J connectivity index is 2.52. The van der Waals surface area contributed by atoms with Crippen LogP contribution >= 0.6 is 0 Å². The molecule has 0 fully saturated rings. The second kappa shape index (κ2) is 5.44. The molecule has 0 saturated heterocycles. The fourth-order valence-corrected chi connectivity index (χ4v) is 2.04. The van der Waals surface area contributed by atoms with Gasteiger partial charge in [0.2, 0.25) is 0 Å². The van der Waals surface area contributed by atoms with Crippen LogP contribution in [0.5, 0.6) is 5.75 Å². The van der Waals surface area contributed by atoms with Crippen LogP contribution in [0, 0.1) is 0 Å². The van der Waals surface area contributed by atoms with Gasteiger partial charge >= 0.3 is 11.9 Å². The average Bonchev–Trinajstić information content (AvgIpc) is 2.40. The summed E-state index contributed by atoms with van der Waals surface area (Å²) in [7, 11) is 0. The minimum absolute atomic E-state index is 0.0459. The minimum atomic E-state index is -1.30. The molecule has 3 N–H and O–H groups in total. The minimum Gasteiger partial charge on any atom is -0.508 e. The molecule has 0 heterocycles. The molecule has 0 bridgehead atoms. The summed E-state index contributed by atoms with van der Waals surface area (Å²) < 4.78 is 0. The highest BCUT2D eigenvalue weighted by Crippen LogP contribution is 2.23. The molecule has 20 heavy (non-hydrogen) atoms. The Morgan fingerprint density at radius 2 is 1.50 bits per heavy atom. The first-order chi connectivity index (χ1) is 9.50. The Morgan fingerprint density at radius 1 is 0.850 bits per heavy atom. The molecule has 0 saturated carbocycles. The second-order valence-corrected chi connectivity index (χ2v) is 4.26. The van der Waals surface area contributed by atoms with Gasteiger partial charge in [-0.3, -0.25) is 0 Å². The number of hydrogen-bond donors (Lipinski definition) is 3. The quantitative estimate of drug-likeness (QED) is 0.794. The topological polar surface area (TPSA) is 94.8 Å². The van der Waals surface area contributed by atoms with Crippen LogP contribution in [0.3, 0.4) is 0 Å². The lowest BCUT2D eigenvalue weighted by Gasteiger charge is -2.10. The van der Waals surface area contributed by atoms with Crippen molar-refractivity contribution in [3.63, 3.8) is 0 Å². The standard InChI is InChI=1S/C15H12O5/c16-12-7-2-1-4-9(12)8-10-5-3-6-11(14(17)18)13(10)15(19)20/h1-7,16H,8H2,(H,17,18)(H,19,20). The summed E-state index contributed by atoms with van der Waals surface area (Å²) in [5.74, 6) is -2.54. The highest BCUT2D eigenvalue weighted by Gasteiger charge is 2.20. The lowest BCUT2D eigenvalue weighted by molar-refractivity contribution is 0.0650. The van der Waals surface area contributed by atoms with Crippen molar-refractivity contribution in [1.29, 1.82) is 0 Å². The van der Waals surface area contributed by atoms with E-state index in [1.165, 1.54) is 18.2 Å². The molecule has 0 atom stereocenters. The Bertz CT molecular complexity index is 676. The summed E-state index contributed by atoms with van der Waals surface area (Å²) in [5, 5.41) is 28.0. The number of carboxylic acids is 2. The number of aromatic hydroxyl groups is 1. The molecule has 0 aliphatic rings. The second-order valence-electron chi connectivity index (χ2n) is 4.26. The third-order valence-corrected chi connectivity index (χ3v) is 2.97. The van der Waals surface area contributed by atoms with Crippen molar-refractivity contribution in [3.8, 4) is 5.75 Å². The van der Waals surface area contributed by atoms with Crippen LogP contribution in [0.1, 0.15) is 31.8 Å². The van der Waals surface area contributed by atoms with Gasteiger partial charge < -0.3 is 15.3 Å². The van der Waals surface area contributed by atoms with Gasteiger partial charge in [-0.15, -0.1) is 0 Å². The predicted molar refractivity (Wildman–Crippen MR) is 71.3 cm³/mol. The van der Waals surface area contributed by atoms with Crippen LogP contribution in [0.4, 0.5) is 0 Å². The van der Waals surface area contributed by atoms with Crippen molar-refractivity contribution in [2.75, 3.05) is 0 Å². The SMILES string of the molecule is O=C(O)c1cccc(Cc2ccccc2O)c1C(=O)O. The number of para-hydroxylation sites is 1. The van der Waals surface area contributed by atoms with E-state index < -0.39 is 11.9 Å². The fraction of sp³-hybridized carbons (Fsp3) is 0.0667. The van der Waals surface area contributed by atoms with Gasteiger partial charge in [-0.1, -0.05) is 30.3 Å². The molecule has 2 rings (SSSR count). The number of benzene rings is 2. The molecule has 5 heteroatoms. The Labute approximate surface area is 114 Å².